The fourth-order valence-corrected chi connectivity index (χ4v) is 3.32. The Hall–Kier alpha value is 0.270. The maximum Gasteiger partial charge on any atom is 0.0611 e. The van der Waals surface area contributed by atoms with Crippen molar-refractivity contribution in [2.24, 2.45) is 5.73 Å². The molecule has 1 fully saturated rings. The van der Waals surface area contributed by atoms with Gasteiger partial charge in [-0.3, -0.25) is 0 Å². The number of hydrogen-bond donors (Lipinski definition) is 2. The monoisotopic (exact) mass is 203 g/mol. The van der Waals surface area contributed by atoms with Crippen molar-refractivity contribution in [1.82, 2.24) is 0 Å². The highest BCUT2D eigenvalue weighted by molar-refractivity contribution is 8.00. The molecule has 0 amide bonds. The molecule has 1 aliphatic carbocycles. The Balaban J connectivity index is 2.33. The summed E-state index contributed by atoms with van der Waals surface area (Å²) in [4.78, 5) is 0. The minimum Gasteiger partial charge on any atom is -0.394 e. The zero-order chi connectivity index (χ0) is 9.90. The molecule has 0 saturated heterocycles. The molecule has 0 aromatic carbocycles. The molecule has 0 aromatic heterocycles. The van der Waals surface area contributed by atoms with Crippen LogP contribution < -0.4 is 5.73 Å². The van der Waals surface area contributed by atoms with Crippen molar-refractivity contribution in [2.75, 3.05) is 6.61 Å². The Morgan fingerprint density at radius 3 is 2.85 bits per heavy atom. The SMILES string of the molecule is CCC(C)SC1CCC(N)(CO)C1. The predicted octanol–water partition coefficient (Wildman–Crippen LogP) is 1.76. The molecule has 3 unspecified atom stereocenters. The van der Waals surface area contributed by atoms with E-state index in [0.29, 0.717) is 5.25 Å². The Bertz CT molecular complexity index is 165. The van der Waals surface area contributed by atoms with Crippen molar-refractivity contribution in [3.63, 3.8) is 0 Å². The van der Waals surface area contributed by atoms with Crippen LogP contribution in [0.4, 0.5) is 0 Å². The third-order valence-corrected chi connectivity index (χ3v) is 4.50. The maximum atomic E-state index is 9.10. The van der Waals surface area contributed by atoms with Gasteiger partial charge in [-0.05, 0) is 25.7 Å². The third kappa shape index (κ3) is 3.15. The quantitative estimate of drug-likeness (QED) is 0.732. The van der Waals surface area contributed by atoms with Crippen LogP contribution in [0.15, 0.2) is 0 Å². The fraction of sp³-hybridized carbons (Fsp3) is 1.00. The molecule has 0 bridgehead atoms. The second-order valence-corrected chi connectivity index (χ2v) is 5.98. The minimum absolute atomic E-state index is 0.143. The molecule has 3 atom stereocenters. The van der Waals surface area contributed by atoms with Crippen LogP contribution in [-0.4, -0.2) is 27.8 Å². The molecule has 1 saturated carbocycles. The van der Waals surface area contributed by atoms with E-state index >= 15 is 0 Å². The highest BCUT2D eigenvalue weighted by Crippen LogP contribution is 2.37. The molecule has 0 heterocycles. The van der Waals surface area contributed by atoms with Crippen molar-refractivity contribution in [1.29, 1.82) is 0 Å². The predicted molar refractivity (Wildman–Crippen MR) is 59.0 cm³/mol. The van der Waals surface area contributed by atoms with Crippen molar-refractivity contribution in [3.8, 4) is 0 Å². The highest BCUT2D eigenvalue weighted by Gasteiger charge is 2.35. The normalized spacial score (nSPS) is 36.5. The number of nitrogens with two attached hydrogens (primary N) is 1. The van der Waals surface area contributed by atoms with Gasteiger partial charge in [-0.1, -0.05) is 13.8 Å². The van der Waals surface area contributed by atoms with Gasteiger partial charge < -0.3 is 10.8 Å². The molecule has 0 radical (unpaired) electrons. The molecule has 0 aliphatic heterocycles. The molecule has 2 nitrogen and oxygen atoms in total. The topological polar surface area (TPSA) is 46.2 Å². The van der Waals surface area contributed by atoms with Gasteiger partial charge in [0.25, 0.3) is 0 Å². The van der Waals surface area contributed by atoms with E-state index in [4.69, 9.17) is 10.8 Å². The zero-order valence-corrected chi connectivity index (χ0v) is 9.44. The van der Waals surface area contributed by atoms with E-state index in [2.05, 4.69) is 13.8 Å². The molecule has 1 rings (SSSR count). The molecule has 1 aliphatic rings. The standard InChI is InChI=1S/C10H21NOS/c1-3-8(2)13-9-4-5-10(11,6-9)7-12/h8-9,12H,3-7,11H2,1-2H3. The van der Waals surface area contributed by atoms with Gasteiger partial charge in [0.05, 0.1) is 6.61 Å². The number of hydrogen-bond acceptors (Lipinski definition) is 3. The van der Waals surface area contributed by atoms with Crippen molar-refractivity contribution in [3.05, 3.63) is 0 Å². The van der Waals surface area contributed by atoms with Gasteiger partial charge in [-0.25, -0.2) is 0 Å². The molecule has 13 heavy (non-hydrogen) atoms. The van der Waals surface area contributed by atoms with Gasteiger partial charge in [0.1, 0.15) is 0 Å². The minimum atomic E-state index is -0.273. The molecule has 3 N–H and O–H groups in total. The number of thioether (sulfide) groups is 1. The van der Waals surface area contributed by atoms with Gasteiger partial charge in [0, 0.05) is 16.0 Å². The molecular formula is C10H21NOS. The first-order valence-electron chi connectivity index (χ1n) is 5.15. The van der Waals surface area contributed by atoms with E-state index in [0.717, 1.165) is 18.1 Å². The summed E-state index contributed by atoms with van der Waals surface area (Å²) in [6.45, 7) is 4.62. The Kier molecular flexibility index (Phi) is 4.07. The van der Waals surface area contributed by atoms with Gasteiger partial charge in [0.2, 0.25) is 0 Å². The van der Waals surface area contributed by atoms with Gasteiger partial charge in [-0.2, -0.15) is 11.8 Å². The van der Waals surface area contributed by atoms with Crippen molar-refractivity contribution in [2.45, 2.75) is 55.6 Å². The lowest BCUT2D eigenvalue weighted by molar-refractivity contribution is 0.200. The van der Waals surface area contributed by atoms with Crippen LogP contribution >= 0.6 is 11.8 Å². The number of aliphatic hydroxyl groups excluding tert-OH is 1. The van der Waals surface area contributed by atoms with Gasteiger partial charge in [-0.15, -0.1) is 0 Å². The molecular weight excluding hydrogens is 182 g/mol. The fourth-order valence-electron chi connectivity index (χ4n) is 1.79. The zero-order valence-electron chi connectivity index (χ0n) is 8.62. The summed E-state index contributed by atoms with van der Waals surface area (Å²) in [6, 6.07) is 0. The van der Waals surface area contributed by atoms with Crippen LogP contribution in [0.1, 0.15) is 39.5 Å². The first-order chi connectivity index (χ1) is 6.09. The molecule has 3 heteroatoms. The lowest BCUT2D eigenvalue weighted by Gasteiger charge is -2.21. The van der Waals surface area contributed by atoms with E-state index in [-0.39, 0.29) is 12.1 Å². The van der Waals surface area contributed by atoms with E-state index in [1.807, 2.05) is 11.8 Å². The summed E-state index contributed by atoms with van der Waals surface area (Å²) >= 11 is 2.03. The average molecular weight is 203 g/mol. The summed E-state index contributed by atoms with van der Waals surface area (Å²) in [6.07, 6.45) is 4.36. The van der Waals surface area contributed by atoms with E-state index < -0.39 is 0 Å². The van der Waals surface area contributed by atoms with E-state index in [9.17, 15) is 0 Å². The van der Waals surface area contributed by atoms with Gasteiger partial charge >= 0.3 is 0 Å². The lowest BCUT2D eigenvalue weighted by Crippen LogP contribution is -2.41. The third-order valence-electron chi connectivity index (χ3n) is 2.91. The first kappa shape index (κ1) is 11.3. The summed E-state index contributed by atoms with van der Waals surface area (Å²) < 4.78 is 0. The van der Waals surface area contributed by atoms with Crippen molar-refractivity contribution >= 4 is 11.8 Å². The molecule has 0 spiro atoms. The summed E-state index contributed by atoms with van der Waals surface area (Å²) in [5.74, 6) is 0. The summed E-state index contributed by atoms with van der Waals surface area (Å²) in [5.41, 5.74) is 5.73. The van der Waals surface area contributed by atoms with Crippen LogP contribution in [0.2, 0.25) is 0 Å². The van der Waals surface area contributed by atoms with Crippen LogP contribution in [-0.2, 0) is 0 Å². The van der Waals surface area contributed by atoms with Gasteiger partial charge in [0.15, 0.2) is 0 Å². The van der Waals surface area contributed by atoms with Crippen LogP contribution in [0.3, 0.4) is 0 Å². The van der Waals surface area contributed by atoms with Crippen LogP contribution in [0.25, 0.3) is 0 Å². The summed E-state index contributed by atoms with van der Waals surface area (Å²) in [5, 5.41) is 10.5. The lowest BCUT2D eigenvalue weighted by atomic mass is 10.0. The van der Waals surface area contributed by atoms with E-state index in [1.165, 1.54) is 12.8 Å². The number of aliphatic hydroxyl groups is 1. The maximum absolute atomic E-state index is 9.10. The summed E-state index contributed by atoms with van der Waals surface area (Å²) in [7, 11) is 0. The molecule has 78 valence electrons. The smallest absolute Gasteiger partial charge is 0.0611 e. The highest BCUT2D eigenvalue weighted by atomic mass is 32.2. The number of rotatable bonds is 4. The first-order valence-corrected chi connectivity index (χ1v) is 6.09. The van der Waals surface area contributed by atoms with E-state index in [1.54, 1.807) is 0 Å². The average Bonchev–Trinajstić information content (AvgIpc) is 2.48. The second kappa shape index (κ2) is 4.67. The van der Waals surface area contributed by atoms with Crippen LogP contribution in [0, 0.1) is 0 Å². The largest absolute Gasteiger partial charge is 0.394 e. The Labute approximate surface area is 85.3 Å². The van der Waals surface area contributed by atoms with Crippen molar-refractivity contribution < 1.29 is 5.11 Å². The van der Waals surface area contributed by atoms with Crippen LogP contribution in [0.5, 0.6) is 0 Å². The Morgan fingerprint density at radius 1 is 1.69 bits per heavy atom. The molecule has 0 aromatic rings. The second-order valence-electron chi connectivity index (χ2n) is 4.24. The Morgan fingerprint density at radius 2 is 2.38 bits per heavy atom.